The third-order valence-corrected chi connectivity index (χ3v) is 3.93. The number of amides is 1. The summed E-state index contributed by atoms with van der Waals surface area (Å²) in [5, 5.41) is 13.3. The Labute approximate surface area is 132 Å². The van der Waals surface area contributed by atoms with Crippen molar-refractivity contribution >= 4 is 46.4 Å². The Hall–Kier alpha value is -0.520. The molecule has 0 spiro atoms. The third kappa shape index (κ3) is 4.24. The molecule has 2 rings (SSSR count). The smallest absolute Gasteiger partial charge is 0.238 e. The Kier molecular flexibility index (Phi) is 5.52. The van der Waals surface area contributed by atoms with Gasteiger partial charge in [0.15, 0.2) is 0 Å². The van der Waals surface area contributed by atoms with Crippen LogP contribution in [0, 0.1) is 0 Å². The lowest BCUT2D eigenvalue weighted by Crippen LogP contribution is -2.42. The van der Waals surface area contributed by atoms with Crippen molar-refractivity contribution in [2.45, 2.75) is 18.9 Å². The third-order valence-electron chi connectivity index (χ3n) is 3.12. The molecule has 110 valence electrons. The van der Waals surface area contributed by atoms with Crippen LogP contribution in [0.2, 0.25) is 15.1 Å². The van der Waals surface area contributed by atoms with Gasteiger partial charge in [-0.1, -0.05) is 34.8 Å². The van der Waals surface area contributed by atoms with E-state index in [4.69, 9.17) is 34.8 Å². The van der Waals surface area contributed by atoms with Gasteiger partial charge >= 0.3 is 0 Å². The fourth-order valence-electron chi connectivity index (χ4n) is 2.22. The summed E-state index contributed by atoms with van der Waals surface area (Å²) in [6.45, 7) is 1.51. The van der Waals surface area contributed by atoms with Crippen molar-refractivity contribution in [3.8, 4) is 0 Å². The molecule has 1 atom stereocenters. The molecule has 0 radical (unpaired) electrons. The molecule has 0 bridgehead atoms. The lowest BCUT2D eigenvalue weighted by atomic mass is 10.1. The summed E-state index contributed by atoms with van der Waals surface area (Å²) in [6.07, 6.45) is 1.31. The number of β-amino-alcohol motifs (C(OH)–C–C–N with tert-alkyl or cyclic N) is 1. The minimum Gasteiger partial charge on any atom is -0.392 e. The number of aliphatic hydroxyl groups is 1. The van der Waals surface area contributed by atoms with Crippen molar-refractivity contribution in [1.29, 1.82) is 0 Å². The summed E-state index contributed by atoms with van der Waals surface area (Å²) < 4.78 is 0. The molecule has 7 heteroatoms. The maximum absolute atomic E-state index is 12.0. The summed E-state index contributed by atoms with van der Waals surface area (Å²) in [6, 6.07) is 3.05. The zero-order valence-corrected chi connectivity index (χ0v) is 13.0. The molecule has 1 unspecified atom stereocenters. The SMILES string of the molecule is O=C(CN1CCCC(O)C1)Nc1c(Cl)cc(Cl)cc1Cl. The molecule has 1 amide bonds. The van der Waals surface area contributed by atoms with E-state index in [0.29, 0.717) is 27.3 Å². The molecule has 1 aromatic rings. The van der Waals surface area contributed by atoms with Gasteiger partial charge in [0.2, 0.25) is 5.91 Å². The Morgan fingerprint density at radius 1 is 1.35 bits per heavy atom. The van der Waals surface area contributed by atoms with E-state index in [0.717, 1.165) is 19.4 Å². The van der Waals surface area contributed by atoms with Gasteiger partial charge in [-0.2, -0.15) is 0 Å². The van der Waals surface area contributed by atoms with Crippen molar-refractivity contribution < 1.29 is 9.90 Å². The van der Waals surface area contributed by atoms with E-state index in [2.05, 4.69) is 5.32 Å². The molecule has 0 aliphatic carbocycles. The number of anilines is 1. The van der Waals surface area contributed by atoms with Gasteiger partial charge < -0.3 is 10.4 Å². The first-order valence-electron chi connectivity index (χ1n) is 6.30. The van der Waals surface area contributed by atoms with Crippen LogP contribution in [-0.2, 0) is 4.79 Å². The number of benzene rings is 1. The molecular formula is C13H15Cl3N2O2. The Morgan fingerprint density at radius 2 is 2.00 bits per heavy atom. The minimum absolute atomic E-state index is 0.201. The molecule has 1 aliphatic rings. The fraction of sp³-hybridized carbons (Fsp3) is 0.462. The molecule has 1 saturated heterocycles. The van der Waals surface area contributed by atoms with Crippen LogP contribution in [0.3, 0.4) is 0 Å². The van der Waals surface area contributed by atoms with Crippen molar-refractivity contribution in [2.24, 2.45) is 0 Å². The highest BCUT2D eigenvalue weighted by molar-refractivity contribution is 6.42. The number of piperidine rings is 1. The van der Waals surface area contributed by atoms with Gasteiger partial charge in [0.25, 0.3) is 0 Å². The second-order valence-electron chi connectivity index (χ2n) is 4.82. The quantitative estimate of drug-likeness (QED) is 0.891. The van der Waals surface area contributed by atoms with Gasteiger partial charge in [-0.05, 0) is 31.5 Å². The van der Waals surface area contributed by atoms with Crippen LogP contribution in [-0.4, -0.2) is 41.7 Å². The van der Waals surface area contributed by atoms with Gasteiger partial charge in [0, 0.05) is 11.6 Å². The molecule has 1 fully saturated rings. The van der Waals surface area contributed by atoms with Crippen molar-refractivity contribution in [2.75, 3.05) is 25.0 Å². The molecule has 1 aromatic carbocycles. The number of likely N-dealkylation sites (tertiary alicyclic amines) is 1. The standard InChI is InChI=1S/C13H15Cl3N2O2/c14-8-4-10(15)13(11(16)5-8)17-12(20)7-18-3-1-2-9(19)6-18/h4-5,9,19H,1-3,6-7H2,(H,17,20). The maximum Gasteiger partial charge on any atom is 0.238 e. The van der Waals surface area contributed by atoms with Gasteiger partial charge in [-0.15, -0.1) is 0 Å². The largest absolute Gasteiger partial charge is 0.392 e. The van der Waals surface area contributed by atoms with E-state index < -0.39 is 0 Å². The lowest BCUT2D eigenvalue weighted by molar-refractivity contribution is -0.118. The predicted octanol–water partition coefficient (Wildman–Crippen LogP) is 3.04. The fourth-order valence-corrected chi connectivity index (χ4v) is 3.13. The van der Waals surface area contributed by atoms with E-state index in [-0.39, 0.29) is 18.6 Å². The van der Waals surface area contributed by atoms with Crippen LogP contribution in [0.5, 0.6) is 0 Å². The average Bonchev–Trinajstić information content (AvgIpc) is 2.33. The molecule has 4 nitrogen and oxygen atoms in total. The van der Waals surface area contributed by atoms with E-state index in [1.807, 2.05) is 4.90 Å². The predicted molar refractivity (Wildman–Crippen MR) is 81.8 cm³/mol. The number of nitrogens with one attached hydrogen (secondary N) is 1. The minimum atomic E-state index is -0.362. The number of aliphatic hydroxyl groups excluding tert-OH is 1. The van der Waals surface area contributed by atoms with Gasteiger partial charge in [-0.25, -0.2) is 0 Å². The summed E-state index contributed by atoms with van der Waals surface area (Å²) in [4.78, 5) is 13.9. The molecule has 1 heterocycles. The summed E-state index contributed by atoms with van der Waals surface area (Å²) in [5.41, 5.74) is 0.361. The van der Waals surface area contributed by atoms with E-state index in [9.17, 15) is 9.90 Å². The Balaban J connectivity index is 1.98. The average molecular weight is 338 g/mol. The zero-order valence-electron chi connectivity index (χ0n) is 10.7. The summed E-state index contributed by atoms with van der Waals surface area (Å²) >= 11 is 17.8. The molecular weight excluding hydrogens is 323 g/mol. The second kappa shape index (κ2) is 6.96. The van der Waals surface area contributed by atoms with Crippen LogP contribution in [0.25, 0.3) is 0 Å². The Morgan fingerprint density at radius 3 is 2.60 bits per heavy atom. The highest BCUT2D eigenvalue weighted by atomic mass is 35.5. The van der Waals surface area contributed by atoms with Crippen molar-refractivity contribution in [1.82, 2.24) is 4.90 Å². The van der Waals surface area contributed by atoms with Crippen LogP contribution in [0.1, 0.15) is 12.8 Å². The molecule has 0 saturated carbocycles. The maximum atomic E-state index is 12.0. The van der Waals surface area contributed by atoms with Gasteiger partial charge in [0.1, 0.15) is 0 Å². The monoisotopic (exact) mass is 336 g/mol. The number of halogens is 3. The van der Waals surface area contributed by atoms with Gasteiger partial charge in [0.05, 0.1) is 28.4 Å². The number of hydrogen-bond acceptors (Lipinski definition) is 3. The molecule has 1 aliphatic heterocycles. The van der Waals surface area contributed by atoms with Crippen LogP contribution < -0.4 is 5.32 Å². The molecule has 2 N–H and O–H groups in total. The summed E-state index contributed by atoms with van der Waals surface area (Å²) in [7, 11) is 0. The topological polar surface area (TPSA) is 52.6 Å². The van der Waals surface area contributed by atoms with Gasteiger partial charge in [-0.3, -0.25) is 9.69 Å². The number of nitrogens with zero attached hydrogens (tertiary/aromatic N) is 1. The Bertz CT molecular complexity index is 487. The van der Waals surface area contributed by atoms with Crippen LogP contribution in [0.15, 0.2) is 12.1 Å². The number of carbonyl (C=O) groups is 1. The second-order valence-corrected chi connectivity index (χ2v) is 6.07. The van der Waals surface area contributed by atoms with Crippen LogP contribution >= 0.6 is 34.8 Å². The summed E-state index contributed by atoms with van der Waals surface area (Å²) in [5.74, 6) is -0.217. The van der Waals surface area contributed by atoms with E-state index in [1.54, 1.807) is 0 Å². The van der Waals surface area contributed by atoms with Crippen LogP contribution in [0.4, 0.5) is 5.69 Å². The first kappa shape index (κ1) is 15.9. The highest BCUT2D eigenvalue weighted by Crippen LogP contribution is 2.33. The molecule has 0 aromatic heterocycles. The number of rotatable bonds is 3. The lowest BCUT2D eigenvalue weighted by Gasteiger charge is -2.29. The van der Waals surface area contributed by atoms with Crippen molar-refractivity contribution in [3.05, 3.63) is 27.2 Å². The first-order chi connectivity index (χ1) is 9.45. The van der Waals surface area contributed by atoms with E-state index in [1.165, 1.54) is 12.1 Å². The zero-order chi connectivity index (χ0) is 14.7. The normalized spacial score (nSPS) is 19.9. The van der Waals surface area contributed by atoms with Crippen molar-refractivity contribution in [3.63, 3.8) is 0 Å². The highest BCUT2D eigenvalue weighted by Gasteiger charge is 2.20. The number of carbonyl (C=O) groups excluding carboxylic acids is 1. The first-order valence-corrected chi connectivity index (χ1v) is 7.44. The van der Waals surface area contributed by atoms with E-state index >= 15 is 0 Å². The number of hydrogen-bond donors (Lipinski definition) is 2. The molecule has 20 heavy (non-hydrogen) atoms.